The van der Waals surface area contributed by atoms with Crippen molar-refractivity contribution in [3.05, 3.63) is 90.0 Å². The molecule has 0 saturated carbocycles. The molecule has 160 valence electrons. The predicted molar refractivity (Wildman–Crippen MR) is 133 cm³/mol. The molecule has 0 spiro atoms. The van der Waals surface area contributed by atoms with E-state index in [0.717, 1.165) is 24.1 Å². The highest BCUT2D eigenvalue weighted by Crippen LogP contribution is 2.36. The fourth-order valence-electron chi connectivity index (χ4n) is 4.64. The van der Waals surface area contributed by atoms with Gasteiger partial charge in [-0.3, -0.25) is 4.79 Å². The second kappa shape index (κ2) is 7.92. The molecule has 0 aliphatic heterocycles. The van der Waals surface area contributed by atoms with Crippen molar-refractivity contribution in [1.82, 2.24) is 0 Å². The number of amides is 1. The maximum Gasteiger partial charge on any atom is 0.224 e. The number of carbonyl (C=O) groups excluding carboxylic acids is 1. The van der Waals surface area contributed by atoms with Crippen molar-refractivity contribution in [1.29, 1.82) is 0 Å². The average Bonchev–Trinajstić information content (AvgIpc) is 2.78. The Labute approximate surface area is 188 Å². The summed E-state index contributed by atoms with van der Waals surface area (Å²) in [5.74, 6) is 0.0127. The Morgan fingerprint density at radius 1 is 0.812 bits per heavy atom. The molecule has 5 rings (SSSR count). The van der Waals surface area contributed by atoms with Crippen LogP contribution in [-0.2, 0) is 16.8 Å². The van der Waals surface area contributed by atoms with E-state index in [4.69, 9.17) is 0 Å². The number of carbonyl (C=O) groups is 1. The minimum atomic E-state index is -0.886. The average molecular weight is 422 g/mol. The van der Waals surface area contributed by atoms with Gasteiger partial charge in [0.1, 0.15) is 0 Å². The summed E-state index contributed by atoms with van der Waals surface area (Å²) in [5, 5.41) is 20.8. The van der Waals surface area contributed by atoms with E-state index in [9.17, 15) is 9.90 Å². The number of aryl methyl sites for hydroxylation is 1. The summed E-state index contributed by atoms with van der Waals surface area (Å²) in [4.78, 5) is 12.5. The van der Waals surface area contributed by atoms with E-state index in [-0.39, 0.29) is 5.91 Å². The van der Waals surface area contributed by atoms with Crippen molar-refractivity contribution in [3.63, 3.8) is 0 Å². The Balaban J connectivity index is 1.30. The van der Waals surface area contributed by atoms with Gasteiger partial charge in [0.15, 0.2) is 0 Å². The lowest BCUT2D eigenvalue weighted by Crippen LogP contribution is -2.16. The van der Waals surface area contributed by atoms with Crippen LogP contribution in [0.3, 0.4) is 0 Å². The molecule has 3 nitrogen and oxygen atoms in total. The summed E-state index contributed by atoms with van der Waals surface area (Å²) in [6, 6.07) is 27.1. The highest BCUT2D eigenvalue weighted by atomic mass is 16.3. The third-order valence-corrected chi connectivity index (χ3v) is 6.34. The minimum absolute atomic E-state index is 0.0127. The number of rotatable bonds is 6. The van der Waals surface area contributed by atoms with Gasteiger partial charge in [-0.2, -0.15) is 0 Å². The molecule has 0 aliphatic rings. The molecular formula is C29H27NO2. The summed E-state index contributed by atoms with van der Waals surface area (Å²) in [6.45, 7) is 3.50. The van der Waals surface area contributed by atoms with Crippen LogP contribution in [0, 0.1) is 0 Å². The van der Waals surface area contributed by atoms with Gasteiger partial charge < -0.3 is 10.4 Å². The Morgan fingerprint density at radius 2 is 1.44 bits per heavy atom. The number of benzene rings is 5. The van der Waals surface area contributed by atoms with Crippen LogP contribution in [0.1, 0.15) is 37.8 Å². The molecule has 0 aliphatic carbocycles. The van der Waals surface area contributed by atoms with E-state index in [1.165, 1.54) is 37.9 Å². The summed E-state index contributed by atoms with van der Waals surface area (Å²) in [5.41, 5.74) is 1.98. The molecule has 1 amide bonds. The van der Waals surface area contributed by atoms with Crippen LogP contribution < -0.4 is 5.32 Å². The standard InChI is InChI=1S/C29H27NO2/c1-29(2,32)23-14-16-24(17-15-23)30-26(31)8-4-5-19-9-10-22-12-11-20-6-3-7-21-13-18-25(19)28(22)27(20)21/h3,6-7,9-18,32H,4-5,8H2,1-2H3,(H,30,31). The number of aliphatic hydroxyl groups is 1. The Kier molecular flexibility index (Phi) is 5.07. The van der Waals surface area contributed by atoms with Crippen LogP contribution in [0.2, 0.25) is 0 Å². The molecule has 0 fully saturated rings. The fraction of sp³-hybridized carbons (Fsp3) is 0.207. The van der Waals surface area contributed by atoms with Gasteiger partial charge in [0, 0.05) is 12.1 Å². The van der Waals surface area contributed by atoms with E-state index in [0.29, 0.717) is 6.42 Å². The Bertz CT molecular complexity index is 1400. The molecule has 5 aromatic carbocycles. The Hall–Kier alpha value is -3.43. The largest absolute Gasteiger partial charge is 0.386 e. The molecule has 5 aromatic rings. The van der Waals surface area contributed by atoms with Crippen LogP contribution in [0.5, 0.6) is 0 Å². The predicted octanol–water partition coefficient (Wildman–Crippen LogP) is 6.77. The molecule has 2 N–H and O–H groups in total. The monoisotopic (exact) mass is 421 g/mol. The van der Waals surface area contributed by atoms with Crippen LogP contribution in [0.4, 0.5) is 5.69 Å². The molecular weight excluding hydrogens is 394 g/mol. The maximum atomic E-state index is 12.5. The van der Waals surface area contributed by atoms with Gasteiger partial charge in [0.05, 0.1) is 5.60 Å². The molecule has 0 saturated heterocycles. The van der Waals surface area contributed by atoms with E-state index < -0.39 is 5.60 Å². The highest BCUT2D eigenvalue weighted by Gasteiger charge is 2.15. The van der Waals surface area contributed by atoms with Gasteiger partial charge in [-0.15, -0.1) is 0 Å². The lowest BCUT2D eigenvalue weighted by Gasteiger charge is -2.18. The zero-order valence-corrected chi connectivity index (χ0v) is 18.5. The number of anilines is 1. The molecule has 3 heteroatoms. The molecule has 0 aromatic heterocycles. The number of hydrogen-bond acceptors (Lipinski definition) is 2. The molecule has 0 atom stereocenters. The van der Waals surface area contributed by atoms with Crippen molar-refractivity contribution < 1.29 is 9.90 Å². The SMILES string of the molecule is CC(C)(O)c1ccc(NC(=O)CCCc2ccc3ccc4cccc5ccc2c3c45)cc1. The van der Waals surface area contributed by atoms with Crippen LogP contribution >= 0.6 is 0 Å². The van der Waals surface area contributed by atoms with Gasteiger partial charge in [-0.1, -0.05) is 66.7 Å². The van der Waals surface area contributed by atoms with E-state index >= 15 is 0 Å². The Morgan fingerprint density at radius 3 is 2.12 bits per heavy atom. The third-order valence-electron chi connectivity index (χ3n) is 6.34. The first-order chi connectivity index (χ1) is 15.4. The first kappa shape index (κ1) is 20.5. The zero-order valence-electron chi connectivity index (χ0n) is 18.5. The van der Waals surface area contributed by atoms with Crippen molar-refractivity contribution in [3.8, 4) is 0 Å². The van der Waals surface area contributed by atoms with Crippen molar-refractivity contribution in [2.24, 2.45) is 0 Å². The van der Waals surface area contributed by atoms with Crippen molar-refractivity contribution in [2.45, 2.75) is 38.7 Å². The molecule has 32 heavy (non-hydrogen) atoms. The van der Waals surface area contributed by atoms with Gasteiger partial charge in [0.2, 0.25) is 5.91 Å². The third kappa shape index (κ3) is 3.80. The van der Waals surface area contributed by atoms with Crippen molar-refractivity contribution >= 4 is 43.9 Å². The van der Waals surface area contributed by atoms with Crippen LogP contribution in [0.25, 0.3) is 32.3 Å². The molecule has 0 unspecified atom stereocenters. The van der Waals surface area contributed by atoms with Gasteiger partial charge in [-0.25, -0.2) is 0 Å². The first-order valence-corrected chi connectivity index (χ1v) is 11.2. The van der Waals surface area contributed by atoms with Crippen LogP contribution in [-0.4, -0.2) is 11.0 Å². The van der Waals surface area contributed by atoms with E-state index in [1.807, 2.05) is 24.3 Å². The van der Waals surface area contributed by atoms with Crippen LogP contribution in [0.15, 0.2) is 78.9 Å². The van der Waals surface area contributed by atoms with Crippen molar-refractivity contribution in [2.75, 3.05) is 5.32 Å². The quantitative estimate of drug-likeness (QED) is 0.297. The smallest absolute Gasteiger partial charge is 0.224 e. The zero-order chi connectivity index (χ0) is 22.3. The maximum absolute atomic E-state index is 12.5. The van der Waals surface area contributed by atoms with Gasteiger partial charge >= 0.3 is 0 Å². The molecule has 0 heterocycles. The lowest BCUT2D eigenvalue weighted by atomic mass is 9.90. The second-order valence-corrected chi connectivity index (χ2v) is 9.12. The number of hydrogen-bond donors (Lipinski definition) is 2. The first-order valence-electron chi connectivity index (χ1n) is 11.2. The second-order valence-electron chi connectivity index (χ2n) is 9.12. The number of nitrogens with one attached hydrogen (secondary N) is 1. The van der Waals surface area contributed by atoms with Gasteiger partial charge in [-0.05, 0) is 82.3 Å². The van der Waals surface area contributed by atoms with E-state index in [2.05, 4.69) is 59.9 Å². The summed E-state index contributed by atoms with van der Waals surface area (Å²) >= 11 is 0. The van der Waals surface area contributed by atoms with Gasteiger partial charge in [0.25, 0.3) is 0 Å². The van der Waals surface area contributed by atoms with E-state index in [1.54, 1.807) is 13.8 Å². The summed E-state index contributed by atoms with van der Waals surface area (Å²) in [6.07, 6.45) is 2.12. The fourth-order valence-corrected chi connectivity index (χ4v) is 4.64. The minimum Gasteiger partial charge on any atom is -0.386 e. The normalized spacial score (nSPS) is 12.1. The molecule has 0 radical (unpaired) electrons. The lowest BCUT2D eigenvalue weighted by molar-refractivity contribution is -0.116. The topological polar surface area (TPSA) is 49.3 Å². The highest BCUT2D eigenvalue weighted by molar-refractivity contribution is 6.23. The summed E-state index contributed by atoms with van der Waals surface area (Å²) in [7, 11) is 0. The molecule has 0 bridgehead atoms. The summed E-state index contributed by atoms with van der Waals surface area (Å²) < 4.78 is 0.